The second kappa shape index (κ2) is 8.78. The van der Waals surface area contributed by atoms with E-state index in [4.69, 9.17) is 4.98 Å². The fourth-order valence-electron chi connectivity index (χ4n) is 4.26. The Morgan fingerprint density at radius 2 is 1.97 bits per heavy atom. The third-order valence-electron chi connectivity index (χ3n) is 5.89. The molecule has 166 valence electrons. The molecule has 3 heterocycles. The number of anilines is 1. The molecule has 0 bridgehead atoms. The molecule has 0 amide bonds. The van der Waals surface area contributed by atoms with Crippen molar-refractivity contribution < 1.29 is 9.50 Å². The van der Waals surface area contributed by atoms with Crippen LogP contribution in [0.25, 0.3) is 16.9 Å². The van der Waals surface area contributed by atoms with E-state index in [2.05, 4.69) is 29.2 Å². The molecule has 0 radical (unpaired) electrons. The van der Waals surface area contributed by atoms with Crippen LogP contribution in [0.3, 0.4) is 0 Å². The molecular weight excluding hydrogens is 425 g/mol. The maximum atomic E-state index is 13.8. The minimum atomic E-state index is -0.390. The van der Waals surface area contributed by atoms with Gasteiger partial charge in [-0.15, -0.1) is 0 Å². The van der Waals surface area contributed by atoms with Crippen LogP contribution in [0, 0.1) is 5.82 Å². The standard InChI is InChI=1S/C24H24FN5O.H2S/c1-14(2)21-13-27-30-23(10-22(29-24(21)30)17-7-18(25)12-26-11-17)28-19-5-3-16-9-20(31)6-4-15(16)8-19;/h4,6-7,9-14,19,28,31H,3,5,8H2,1-2H3;1H2/t19-;/m1./s1. The predicted molar refractivity (Wildman–Crippen MR) is 128 cm³/mol. The Kier molecular flexibility index (Phi) is 6.06. The highest BCUT2D eigenvalue weighted by Gasteiger charge is 2.21. The molecule has 2 N–H and O–H groups in total. The second-order valence-corrected chi connectivity index (χ2v) is 8.45. The van der Waals surface area contributed by atoms with Crippen molar-refractivity contribution in [1.82, 2.24) is 19.6 Å². The minimum absolute atomic E-state index is 0. The van der Waals surface area contributed by atoms with Crippen LogP contribution < -0.4 is 5.32 Å². The lowest BCUT2D eigenvalue weighted by Crippen LogP contribution is -2.28. The molecule has 1 aliphatic carbocycles. The van der Waals surface area contributed by atoms with E-state index < -0.39 is 5.82 Å². The molecule has 6 nitrogen and oxygen atoms in total. The normalized spacial score (nSPS) is 15.4. The first-order chi connectivity index (χ1) is 15.0. The van der Waals surface area contributed by atoms with Gasteiger partial charge in [-0.2, -0.15) is 23.1 Å². The molecule has 1 aliphatic rings. The zero-order valence-corrected chi connectivity index (χ0v) is 19.0. The Labute approximate surface area is 193 Å². The molecular formula is C24H26FN5OS. The highest BCUT2D eigenvalue weighted by Crippen LogP contribution is 2.30. The third kappa shape index (κ3) is 4.14. The summed E-state index contributed by atoms with van der Waals surface area (Å²) in [6, 6.07) is 9.16. The molecule has 0 aliphatic heterocycles. The third-order valence-corrected chi connectivity index (χ3v) is 5.89. The van der Waals surface area contributed by atoms with Crippen LogP contribution in [0.5, 0.6) is 5.75 Å². The molecule has 4 aromatic rings. The molecule has 1 aromatic carbocycles. The smallest absolute Gasteiger partial charge is 0.161 e. The largest absolute Gasteiger partial charge is 0.508 e. The number of nitrogens with one attached hydrogen (secondary N) is 1. The van der Waals surface area contributed by atoms with Crippen molar-refractivity contribution >= 4 is 25.0 Å². The van der Waals surface area contributed by atoms with E-state index in [1.165, 1.54) is 23.4 Å². The number of aryl methyl sites for hydroxylation is 1. The zero-order valence-electron chi connectivity index (χ0n) is 18.0. The van der Waals surface area contributed by atoms with Gasteiger partial charge >= 0.3 is 0 Å². The van der Waals surface area contributed by atoms with Crippen LogP contribution in [-0.2, 0) is 12.8 Å². The van der Waals surface area contributed by atoms with Crippen molar-refractivity contribution in [2.75, 3.05) is 5.32 Å². The van der Waals surface area contributed by atoms with Gasteiger partial charge in [0.15, 0.2) is 5.65 Å². The van der Waals surface area contributed by atoms with Crippen molar-refractivity contribution in [1.29, 1.82) is 0 Å². The first-order valence-electron chi connectivity index (χ1n) is 10.5. The first-order valence-corrected chi connectivity index (χ1v) is 10.5. The van der Waals surface area contributed by atoms with Gasteiger partial charge in [0.25, 0.3) is 0 Å². The van der Waals surface area contributed by atoms with Crippen LogP contribution in [-0.4, -0.2) is 30.7 Å². The number of hydrogen-bond acceptors (Lipinski definition) is 5. The number of aromatic nitrogens is 4. The summed E-state index contributed by atoms with van der Waals surface area (Å²) in [6.07, 6.45) is 7.36. The molecule has 0 unspecified atom stereocenters. The zero-order chi connectivity index (χ0) is 21.5. The number of halogens is 1. The van der Waals surface area contributed by atoms with Crippen LogP contribution in [0.4, 0.5) is 10.2 Å². The van der Waals surface area contributed by atoms with E-state index in [1.807, 2.05) is 28.9 Å². The average molecular weight is 452 g/mol. The fourth-order valence-corrected chi connectivity index (χ4v) is 4.26. The number of hydrogen-bond donors (Lipinski definition) is 2. The van der Waals surface area contributed by atoms with Gasteiger partial charge in [-0.05, 0) is 54.5 Å². The Morgan fingerprint density at radius 3 is 2.75 bits per heavy atom. The lowest BCUT2D eigenvalue weighted by molar-refractivity contribution is 0.472. The monoisotopic (exact) mass is 451 g/mol. The molecule has 0 saturated carbocycles. The quantitative estimate of drug-likeness (QED) is 0.464. The number of pyridine rings is 1. The molecule has 8 heteroatoms. The number of benzene rings is 1. The molecule has 0 fully saturated rings. The number of fused-ring (bicyclic) bond motifs is 2. The predicted octanol–water partition coefficient (Wildman–Crippen LogP) is 4.84. The summed E-state index contributed by atoms with van der Waals surface area (Å²) >= 11 is 0. The van der Waals surface area contributed by atoms with Gasteiger partial charge in [0.1, 0.15) is 17.4 Å². The van der Waals surface area contributed by atoms with Gasteiger partial charge in [0.05, 0.1) is 18.1 Å². The first kappa shape index (κ1) is 22.1. The maximum Gasteiger partial charge on any atom is 0.161 e. The van der Waals surface area contributed by atoms with Gasteiger partial charge in [0, 0.05) is 29.4 Å². The van der Waals surface area contributed by atoms with Gasteiger partial charge in [-0.25, -0.2) is 9.37 Å². The van der Waals surface area contributed by atoms with Crippen molar-refractivity contribution in [2.45, 2.75) is 45.1 Å². The van der Waals surface area contributed by atoms with Crippen molar-refractivity contribution in [3.05, 3.63) is 71.4 Å². The Hall–Kier alpha value is -3.13. The summed E-state index contributed by atoms with van der Waals surface area (Å²) in [6.45, 7) is 4.21. The topological polar surface area (TPSA) is 75.3 Å². The minimum Gasteiger partial charge on any atom is -0.508 e. The summed E-state index contributed by atoms with van der Waals surface area (Å²) in [5.41, 5.74) is 5.53. The summed E-state index contributed by atoms with van der Waals surface area (Å²) in [5.74, 6) is 1.00. The summed E-state index contributed by atoms with van der Waals surface area (Å²) in [4.78, 5) is 8.78. The lowest BCUT2D eigenvalue weighted by Gasteiger charge is -2.26. The number of phenolic OH excluding ortho intramolecular Hbond substituents is 1. The number of rotatable bonds is 4. The average Bonchev–Trinajstić information content (AvgIpc) is 3.18. The molecule has 5 rings (SSSR count). The molecule has 1 atom stereocenters. The Bertz CT molecular complexity index is 1270. The fraction of sp³-hybridized carbons (Fsp3) is 0.292. The van der Waals surface area contributed by atoms with Crippen LogP contribution >= 0.6 is 13.5 Å². The van der Waals surface area contributed by atoms with Crippen LogP contribution in [0.2, 0.25) is 0 Å². The molecule has 0 saturated heterocycles. The van der Waals surface area contributed by atoms with Crippen molar-refractivity contribution in [2.24, 2.45) is 0 Å². The van der Waals surface area contributed by atoms with Gasteiger partial charge in [0.2, 0.25) is 0 Å². The van der Waals surface area contributed by atoms with E-state index in [-0.39, 0.29) is 25.5 Å². The van der Waals surface area contributed by atoms with E-state index in [9.17, 15) is 9.50 Å². The SMILES string of the molecule is CC(C)c1cnn2c(N[C@@H]3CCc4cc(O)ccc4C3)cc(-c3cncc(F)c3)nc12.S. The van der Waals surface area contributed by atoms with E-state index in [1.54, 1.807) is 12.3 Å². The van der Waals surface area contributed by atoms with Crippen molar-refractivity contribution in [3.8, 4) is 17.0 Å². The van der Waals surface area contributed by atoms with Crippen molar-refractivity contribution in [3.63, 3.8) is 0 Å². The summed E-state index contributed by atoms with van der Waals surface area (Å²) < 4.78 is 15.6. The summed E-state index contributed by atoms with van der Waals surface area (Å²) in [7, 11) is 0. The Morgan fingerprint density at radius 1 is 1.12 bits per heavy atom. The van der Waals surface area contributed by atoms with E-state index in [0.717, 1.165) is 36.3 Å². The van der Waals surface area contributed by atoms with Gasteiger partial charge in [-0.3, -0.25) is 4.98 Å². The van der Waals surface area contributed by atoms with E-state index >= 15 is 0 Å². The Balaban J connectivity index is 0.00000245. The number of nitrogens with zero attached hydrogens (tertiary/aromatic N) is 4. The van der Waals surface area contributed by atoms with Crippen LogP contribution in [0.15, 0.2) is 48.9 Å². The van der Waals surface area contributed by atoms with Gasteiger partial charge in [-0.1, -0.05) is 19.9 Å². The molecule has 3 aromatic heterocycles. The number of phenols is 1. The van der Waals surface area contributed by atoms with Gasteiger partial charge < -0.3 is 10.4 Å². The molecule has 0 spiro atoms. The maximum absolute atomic E-state index is 13.8. The highest BCUT2D eigenvalue weighted by atomic mass is 32.1. The lowest BCUT2D eigenvalue weighted by atomic mass is 9.88. The summed E-state index contributed by atoms with van der Waals surface area (Å²) in [5, 5.41) is 18.0. The number of aromatic hydroxyl groups is 1. The van der Waals surface area contributed by atoms with Crippen LogP contribution in [0.1, 0.15) is 42.9 Å². The highest BCUT2D eigenvalue weighted by molar-refractivity contribution is 7.59. The van der Waals surface area contributed by atoms with E-state index in [0.29, 0.717) is 17.0 Å². The second-order valence-electron chi connectivity index (χ2n) is 8.45. The molecule has 32 heavy (non-hydrogen) atoms.